The Bertz CT molecular complexity index is 503. The van der Waals surface area contributed by atoms with Crippen molar-refractivity contribution in [3.63, 3.8) is 0 Å². The fourth-order valence-corrected chi connectivity index (χ4v) is 2.33. The Morgan fingerprint density at radius 3 is 2.50 bits per heavy atom. The van der Waals surface area contributed by atoms with E-state index >= 15 is 0 Å². The van der Waals surface area contributed by atoms with E-state index in [9.17, 15) is 14.7 Å². The fraction of sp³-hybridized carbons (Fsp3) is 0.467. The van der Waals surface area contributed by atoms with Gasteiger partial charge < -0.3 is 15.7 Å². The second-order valence-electron chi connectivity index (χ2n) is 5.41. The molecule has 1 aliphatic rings. The number of nitrogens with one attached hydrogen (secondary N) is 2. The Morgan fingerprint density at radius 1 is 1.35 bits per heavy atom. The molecule has 0 spiro atoms. The molecule has 3 N–H and O–H groups in total. The SMILES string of the molecule is CCC1CC1NC(=O)NC(C)(C(=O)O)c1ccccc1. The quantitative estimate of drug-likeness (QED) is 0.770. The Hall–Kier alpha value is -2.04. The van der Waals surface area contributed by atoms with Crippen molar-refractivity contribution in [1.82, 2.24) is 10.6 Å². The molecule has 1 saturated carbocycles. The number of aliphatic carboxylic acids is 1. The van der Waals surface area contributed by atoms with Crippen LogP contribution >= 0.6 is 0 Å². The second-order valence-corrected chi connectivity index (χ2v) is 5.41. The van der Waals surface area contributed by atoms with Crippen molar-refractivity contribution in [2.45, 2.75) is 38.3 Å². The maximum atomic E-state index is 12.0. The molecule has 3 unspecified atom stereocenters. The zero-order valence-electron chi connectivity index (χ0n) is 11.7. The highest BCUT2D eigenvalue weighted by Crippen LogP contribution is 2.33. The fourth-order valence-electron chi connectivity index (χ4n) is 2.33. The lowest BCUT2D eigenvalue weighted by Crippen LogP contribution is -2.53. The van der Waals surface area contributed by atoms with Crippen LogP contribution in [0.5, 0.6) is 0 Å². The second kappa shape index (κ2) is 5.53. The van der Waals surface area contributed by atoms with E-state index in [1.165, 1.54) is 6.92 Å². The third-order valence-corrected chi connectivity index (χ3v) is 3.91. The molecule has 0 bridgehead atoms. The van der Waals surface area contributed by atoms with Gasteiger partial charge in [0.25, 0.3) is 0 Å². The van der Waals surface area contributed by atoms with Crippen LogP contribution in [0.25, 0.3) is 0 Å². The predicted molar refractivity (Wildman–Crippen MR) is 75.3 cm³/mol. The summed E-state index contributed by atoms with van der Waals surface area (Å²) in [5.41, 5.74) is -0.882. The van der Waals surface area contributed by atoms with Crippen molar-refractivity contribution in [2.75, 3.05) is 0 Å². The molecule has 5 nitrogen and oxygen atoms in total. The summed E-state index contributed by atoms with van der Waals surface area (Å²) in [7, 11) is 0. The lowest BCUT2D eigenvalue weighted by atomic mass is 9.92. The van der Waals surface area contributed by atoms with E-state index < -0.39 is 17.5 Å². The van der Waals surface area contributed by atoms with Crippen LogP contribution < -0.4 is 10.6 Å². The number of carbonyl (C=O) groups is 2. The van der Waals surface area contributed by atoms with Crippen LogP contribution in [0.2, 0.25) is 0 Å². The van der Waals surface area contributed by atoms with E-state index in [0.717, 1.165) is 12.8 Å². The number of carboxylic acids is 1. The molecular formula is C15H20N2O3. The summed E-state index contributed by atoms with van der Waals surface area (Å²) in [6, 6.07) is 8.45. The monoisotopic (exact) mass is 276 g/mol. The summed E-state index contributed by atoms with van der Waals surface area (Å²) < 4.78 is 0. The molecule has 1 aromatic carbocycles. The minimum atomic E-state index is -1.43. The number of rotatable bonds is 5. The highest BCUT2D eigenvalue weighted by molar-refractivity contribution is 5.87. The Kier molecular flexibility index (Phi) is 3.97. The molecule has 2 amide bonds. The Balaban J connectivity index is 2.06. The van der Waals surface area contributed by atoms with E-state index in [0.29, 0.717) is 11.5 Å². The van der Waals surface area contributed by atoms with Gasteiger partial charge in [-0.25, -0.2) is 9.59 Å². The molecule has 1 aliphatic carbocycles. The summed E-state index contributed by atoms with van der Waals surface area (Å²) in [6.45, 7) is 3.57. The highest BCUT2D eigenvalue weighted by Gasteiger charge is 2.40. The molecule has 1 aromatic rings. The lowest BCUT2D eigenvalue weighted by Gasteiger charge is -2.27. The van der Waals surface area contributed by atoms with Gasteiger partial charge in [0, 0.05) is 6.04 Å². The highest BCUT2D eigenvalue weighted by atomic mass is 16.4. The molecule has 1 fully saturated rings. The number of urea groups is 1. The number of hydrogen-bond acceptors (Lipinski definition) is 2. The largest absolute Gasteiger partial charge is 0.479 e. The lowest BCUT2D eigenvalue weighted by molar-refractivity contribution is -0.144. The summed E-state index contributed by atoms with van der Waals surface area (Å²) in [5.74, 6) is -0.560. The molecule has 0 heterocycles. The third-order valence-electron chi connectivity index (χ3n) is 3.91. The van der Waals surface area contributed by atoms with E-state index in [-0.39, 0.29) is 6.04 Å². The van der Waals surface area contributed by atoms with Crippen LogP contribution in [0.1, 0.15) is 32.3 Å². The number of carbonyl (C=O) groups excluding carboxylic acids is 1. The van der Waals surface area contributed by atoms with Crippen LogP contribution in [0.3, 0.4) is 0 Å². The number of benzene rings is 1. The molecule has 3 atom stereocenters. The zero-order valence-corrected chi connectivity index (χ0v) is 11.7. The zero-order chi connectivity index (χ0) is 14.8. The van der Waals surface area contributed by atoms with Gasteiger partial charge in [0.2, 0.25) is 0 Å². The number of amides is 2. The summed E-state index contributed by atoms with van der Waals surface area (Å²) >= 11 is 0. The first kappa shape index (κ1) is 14.4. The van der Waals surface area contributed by atoms with Gasteiger partial charge in [-0.3, -0.25) is 0 Å². The van der Waals surface area contributed by atoms with Gasteiger partial charge in [0.1, 0.15) is 0 Å². The topological polar surface area (TPSA) is 78.4 Å². The van der Waals surface area contributed by atoms with Crippen LogP contribution in [0.15, 0.2) is 30.3 Å². The molecule has 0 aromatic heterocycles. The van der Waals surface area contributed by atoms with Crippen molar-refractivity contribution in [1.29, 1.82) is 0 Å². The normalized spacial score (nSPS) is 23.5. The smallest absolute Gasteiger partial charge is 0.333 e. The average molecular weight is 276 g/mol. The Morgan fingerprint density at radius 2 is 2.00 bits per heavy atom. The molecule has 2 rings (SSSR count). The maximum absolute atomic E-state index is 12.0. The standard InChI is InChI=1S/C15H20N2O3/c1-3-10-9-12(10)16-14(20)17-15(2,13(18)19)11-7-5-4-6-8-11/h4-8,10,12H,3,9H2,1-2H3,(H,18,19)(H2,16,17,20). The number of carboxylic acid groups (broad SMARTS) is 1. The molecule has 0 aliphatic heterocycles. The van der Waals surface area contributed by atoms with Crippen molar-refractivity contribution in [3.05, 3.63) is 35.9 Å². The van der Waals surface area contributed by atoms with E-state index in [1.807, 2.05) is 6.07 Å². The van der Waals surface area contributed by atoms with Gasteiger partial charge in [0.15, 0.2) is 5.54 Å². The van der Waals surface area contributed by atoms with Crippen LogP contribution in [0.4, 0.5) is 4.79 Å². The van der Waals surface area contributed by atoms with Crippen molar-refractivity contribution in [2.24, 2.45) is 5.92 Å². The van der Waals surface area contributed by atoms with Crippen LogP contribution in [-0.2, 0) is 10.3 Å². The molecule has 0 saturated heterocycles. The molecule has 108 valence electrons. The van der Waals surface area contributed by atoms with Gasteiger partial charge in [-0.1, -0.05) is 43.7 Å². The first-order chi connectivity index (χ1) is 9.47. The van der Waals surface area contributed by atoms with Gasteiger partial charge in [-0.2, -0.15) is 0 Å². The van der Waals surface area contributed by atoms with Crippen LogP contribution in [0, 0.1) is 5.92 Å². The van der Waals surface area contributed by atoms with Gasteiger partial charge >= 0.3 is 12.0 Å². The van der Waals surface area contributed by atoms with E-state index in [4.69, 9.17) is 0 Å². The predicted octanol–water partition coefficient (Wildman–Crippen LogP) is 2.08. The maximum Gasteiger partial charge on any atom is 0.333 e. The van der Waals surface area contributed by atoms with E-state index in [2.05, 4.69) is 17.6 Å². The summed E-state index contributed by atoms with van der Waals surface area (Å²) in [4.78, 5) is 23.5. The molecule has 0 radical (unpaired) electrons. The van der Waals surface area contributed by atoms with Crippen molar-refractivity contribution >= 4 is 12.0 Å². The van der Waals surface area contributed by atoms with Gasteiger partial charge in [0.05, 0.1) is 0 Å². The first-order valence-corrected chi connectivity index (χ1v) is 6.85. The number of hydrogen-bond donors (Lipinski definition) is 3. The minimum Gasteiger partial charge on any atom is -0.479 e. The van der Waals surface area contributed by atoms with Gasteiger partial charge in [-0.05, 0) is 24.8 Å². The average Bonchev–Trinajstić information content (AvgIpc) is 3.17. The Labute approximate surface area is 118 Å². The molecule has 20 heavy (non-hydrogen) atoms. The minimum absolute atomic E-state index is 0.175. The van der Waals surface area contributed by atoms with Crippen LogP contribution in [-0.4, -0.2) is 23.1 Å². The summed E-state index contributed by atoms with van der Waals surface area (Å²) in [6.07, 6.45) is 2.00. The van der Waals surface area contributed by atoms with Crippen molar-refractivity contribution in [3.8, 4) is 0 Å². The van der Waals surface area contributed by atoms with Gasteiger partial charge in [-0.15, -0.1) is 0 Å². The summed E-state index contributed by atoms with van der Waals surface area (Å²) in [5, 5.41) is 14.8. The third kappa shape index (κ3) is 2.92. The van der Waals surface area contributed by atoms with Crippen molar-refractivity contribution < 1.29 is 14.7 Å². The first-order valence-electron chi connectivity index (χ1n) is 6.85. The molecule has 5 heteroatoms. The molecular weight excluding hydrogens is 256 g/mol. The van der Waals surface area contributed by atoms with E-state index in [1.54, 1.807) is 24.3 Å².